The molecule has 0 spiro atoms. The van der Waals surface area contributed by atoms with Crippen LogP contribution >= 0.6 is 0 Å². The highest BCUT2D eigenvalue weighted by atomic mass is 19.1. The van der Waals surface area contributed by atoms with Crippen molar-refractivity contribution in [3.8, 4) is 11.4 Å². The lowest BCUT2D eigenvalue weighted by atomic mass is 9.95. The maximum Gasteiger partial charge on any atom is 0.172 e. The molecule has 0 N–H and O–H groups in total. The van der Waals surface area contributed by atoms with Crippen molar-refractivity contribution in [2.75, 3.05) is 20.3 Å². The Hall–Kier alpha value is -3.68. The number of benzene rings is 2. The predicted octanol–water partition coefficient (Wildman–Crippen LogP) is 5.03. The third-order valence-corrected chi connectivity index (χ3v) is 6.02. The van der Waals surface area contributed by atoms with Crippen LogP contribution in [0.3, 0.4) is 0 Å². The number of nitrogens with zero attached hydrogens (tertiary/aromatic N) is 4. The second-order valence-corrected chi connectivity index (χ2v) is 8.21. The summed E-state index contributed by atoms with van der Waals surface area (Å²) in [5, 5.41) is 4.30. The van der Waals surface area contributed by atoms with Gasteiger partial charge in [-0.25, -0.2) is 13.8 Å². The van der Waals surface area contributed by atoms with E-state index in [-0.39, 0.29) is 12.6 Å². The molecule has 0 amide bonds. The summed E-state index contributed by atoms with van der Waals surface area (Å²) in [5.41, 5.74) is 4.19. The second kappa shape index (κ2) is 8.69. The van der Waals surface area contributed by atoms with E-state index < -0.39 is 11.6 Å². The standard InChI is InChI=1S/C25H24F2N4O2/c1-16-13-30(15-28-16)22-8-5-17(11-24(22)32-2)10-18-4-3-9-31-23(14-33-29-25(18)31)20-7-6-19(26)12-21(20)27/h5-8,10-13,15,23H,3-4,9,14H2,1-2H3/b18-10+/t23-/m1/s1. The number of piperidine rings is 1. The van der Waals surface area contributed by atoms with Crippen LogP contribution in [-0.2, 0) is 4.84 Å². The first-order chi connectivity index (χ1) is 16.0. The lowest BCUT2D eigenvalue weighted by molar-refractivity contribution is 0.0561. The zero-order valence-electron chi connectivity index (χ0n) is 18.5. The first kappa shape index (κ1) is 21.2. The molecule has 1 atom stereocenters. The van der Waals surface area contributed by atoms with Crippen LogP contribution in [0.15, 0.2) is 59.7 Å². The second-order valence-electron chi connectivity index (χ2n) is 8.21. The van der Waals surface area contributed by atoms with Crippen LogP contribution in [0.5, 0.6) is 5.75 Å². The van der Waals surface area contributed by atoms with Crippen LogP contribution in [0.1, 0.15) is 35.7 Å². The normalized spacial score (nSPS) is 19.2. The van der Waals surface area contributed by atoms with Gasteiger partial charge in [0, 0.05) is 24.4 Å². The monoisotopic (exact) mass is 450 g/mol. The highest BCUT2D eigenvalue weighted by Crippen LogP contribution is 2.34. The molecule has 0 bridgehead atoms. The number of ether oxygens (including phenoxy) is 1. The number of oxime groups is 1. The van der Waals surface area contributed by atoms with E-state index in [0.717, 1.165) is 53.7 Å². The van der Waals surface area contributed by atoms with Gasteiger partial charge in [0.25, 0.3) is 0 Å². The average Bonchev–Trinajstić information content (AvgIpc) is 3.25. The molecular formula is C25H24F2N4O2. The van der Waals surface area contributed by atoms with Crippen LogP contribution in [0.2, 0.25) is 0 Å². The van der Waals surface area contributed by atoms with Gasteiger partial charge in [-0.3, -0.25) is 0 Å². The molecule has 3 aromatic rings. The summed E-state index contributed by atoms with van der Waals surface area (Å²) in [6.07, 6.45) is 7.48. The smallest absolute Gasteiger partial charge is 0.172 e. The van der Waals surface area contributed by atoms with Gasteiger partial charge in [-0.1, -0.05) is 17.3 Å². The number of rotatable bonds is 4. The van der Waals surface area contributed by atoms with Gasteiger partial charge >= 0.3 is 0 Å². The molecule has 0 aliphatic carbocycles. The predicted molar refractivity (Wildman–Crippen MR) is 121 cm³/mol. The van der Waals surface area contributed by atoms with E-state index in [1.807, 2.05) is 35.9 Å². The summed E-state index contributed by atoms with van der Waals surface area (Å²) >= 11 is 0. The molecule has 2 aromatic carbocycles. The minimum absolute atomic E-state index is 0.214. The third kappa shape index (κ3) is 4.08. The molecule has 5 rings (SSSR count). The van der Waals surface area contributed by atoms with Gasteiger partial charge in [0.1, 0.15) is 24.0 Å². The molecule has 2 aliphatic heterocycles. The molecule has 8 heteroatoms. The molecule has 1 aromatic heterocycles. The lowest BCUT2D eigenvalue weighted by Crippen LogP contribution is -2.44. The Kier molecular flexibility index (Phi) is 5.58. The van der Waals surface area contributed by atoms with E-state index >= 15 is 0 Å². The summed E-state index contributed by atoms with van der Waals surface area (Å²) < 4.78 is 35.5. The SMILES string of the molecule is COc1cc(/C=C2\CCCN3C2=NOC[C@@H]3c2ccc(F)cc2F)ccc1-n1cnc(C)c1. The fourth-order valence-corrected chi connectivity index (χ4v) is 4.43. The highest BCUT2D eigenvalue weighted by Gasteiger charge is 2.34. The topological polar surface area (TPSA) is 51.9 Å². The van der Waals surface area contributed by atoms with Crippen molar-refractivity contribution in [3.05, 3.63) is 83.0 Å². The molecule has 1 fully saturated rings. The number of halogens is 2. The molecule has 3 heterocycles. The first-order valence-corrected chi connectivity index (χ1v) is 10.8. The highest BCUT2D eigenvalue weighted by molar-refractivity contribution is 6.03. The Morgan fingerprint density at radius 1 is 1.18 bits per heavy atom. The summed E-state index contributed by atoms with van der Waals surface area (Å²) in [5.74, 6) is 0.248. The van der Waals surface area contributed by atoms with Gasteiger partial charge in [-0.15, -0.1) is 0 Å². The molecule has 6 nitrogen and oxygen atoms in total. The molecular weight excluding hydrogens is 426 g/mol. The Labute approximate surface area is 190 Å². The maximum atomic E-state index is 14.5. The van der Waals surface area contributed by atoms with E-state index in [4.69, 9.17) is 9.57 Å². The molecule has 0 saturated carbocycles. The van der Waals surface area contributed by atoms with Crippen molar-refractivity contribution < 1.29 is 18.4 Å². The number of aryl methyl sites for hydroxylation is 1. The van der Waals surface area contributed by atoms with E-state index in [1.165, 1.54) is 12.1 Å². The van der Waals surface area contributed by atoms with Crippen molar-refractivity contribution in [2.45, 2.75) is 25.8 Å². The van der Waals surface area contributed by atoms with Gasteiger partial charge in [-0.2, -0.15) is 0 Å². The van der Waals surface area contributed by atoms with Crippen molar-refractivity contribution in [1.82, 2.24) is 14.5 Å². The van der Waals surface area contributed by atoms with Crippen LogP contribution in [0.4, 0.5) is 8.78 Å². The van der Waals surface area contributed by atoms with E-state index in [2.05, 4.69) is 21.1 Å². The average molecular weight is 450 g/mol. The summed E-state index contributed by atoms with van der Waals surface area (Å²) in [4.78, 5) is 11.8. The number of aromatic nitrogens is 2. The van der Waals surface area contributed by atoms with Crippen molar-refractivity contribution in [2.24, 2.45) is 5.16 Å². The van der Waals surface area contributed by atoms with Crippen LogP contribution in [-0.4, -0.2) is 40.5 Å². The van der Waals surface area contributed by atoms with E-state index in [9.17, 15) is 8.78 Å². The number of fused-ring (bicyclic) bond motifs is 1. The Bertz CT molecular complexity index is 1250. The zero-order valence-corrected chi connectivity index (χ0v) is 18.5. The Balaban J connectivity index is 1.46. The largest absolute Gasteiger partial charge is 0.495 e. The van der Waals surface area contributed by atoms with Crippen molar-refractivity contribution in [1.29, 1.82) is 0 Å². The number of hydrogen-bond donors (Lipinski definition) is 0. The quantitative estimate of drug-likeness (QED) is 0.559. The van der Waals surface area contributed by atoms with E-state index in [0.29, 0.717) is 11.4 Å². The number of hydrogen-bond acceptors (Lipinski definition) is 5. The molecule has 1 saturated heterocycles. The van der Waals surface area contributed by atoms with Gasteiger partial charge in [-0.05, 0) is 55.2 Å². The zero-order chi connectivity index (χ0) is 22.9. The molecule has 2 aliphatic rings. The minimum atomic E-state index is -0.593. The molecule has 0 unspecified atom stereocenters. The summed E-state index contributed by atoms with van der Waals surface area (Å²) in [6.45, 7) is 2.88. The fraction of sp³-hybridized carbons (Fsp3) is 0.280. The third-order valence-electron chi connectivity index (χ3n) is 6.02. The Morgan fingerprint density at radius 2 is 2.06 bits per heavy atom. The molecule has 170 valence electrons. The van der Waals surface area contributed by atoms with Gasteiger partial charge in [0.2, 0.25) is 0 Å². The Morgan fingerprint density at radius 3 is 2.82 bits per heavy atom. The molecule has 33 heavy (non-hydrogen) atoms. The fourth-order valence-electron chi connectivity index (χ4n) is 4.43. The molecule has 0 radical (unpaired) electrons. The van der Waals surface area contributed by atoms with Crippen molar-refractivity contribution >= 4 is 11.9 Å². The maximum absolute atomic E-state index is 14.5. The van der Waals surface area contributed by atoms with Crippen LogP contribution in [0.25, 0.3) is 11.8 Å². The van der Waals surface area contributed by atoms with E-state index in [1.54, 1.807) is 13.4 Å². The number of methoxy groups -OCH3 is 1. The minimum Gasteiger partial charge on any atom is -0.495 e. The lowest BCUT2D eigenvalue weighted by Gasteiger charge is -2.40. The summed E-state index contributed by atoms with van der Waals surface area (Å²) in [7, 11) is 1.64. The van der Waals surface area contributed by atoms with Gasteiger partial charge in [0.15, 0.2) is 5.84 Å². The van der Waals surface area contributed by atoms with Crippen molar-refractivity contribution in [3.63, 3.8) is 0 Å². The first-order valence-electron chi connectivity index (χ1n) is 10.8. The van der Waals surface area contributed by atoms with Crippen LogP contribution in [0, 0.1) is 18.6 Å². The number of amidine groups is 1. The summed E-state index contributed by atoms with van der Waals surface area (Å²) in [6, 6.07) is 9.29. The van der Waals surface area contributed by atoms with Crippen LogP contribution < -0.4 is 4.74 Å². The van der Waals surface area contributed by atoms with Gasteiger partial charge in [0.05, 0.1) is 30.9 Å². The number of imidazole rings is 1. The van der Waals surface area contributed by atoms with Gasteiger partial charge < -0.3 is 19.0 Å².